The van der Waals surface area contributed by atoms with Gasteiger partial charge in [0.05, 0.1) is 4.47 Å². The summed E-state index contributed by atoms with van der Waals surface area (Å²) in [6.45, 7) is 5.46. The molecular formula is C16H23BrN2O2. The summed E-state index contributed by atoms with van der Waals surface area (Å²) in [6.07, 6.45) is 2.42. The first kappa shape index (κ1) is 16.3. The molecule has 4 nitrogen and oxygen atoms in total. The molecule has 0 aromatic heterocycles. The molecule has 2 N–H and O–H groups in total. The summed E-state index contributed by atoms with van der Waals surface area (Å²) in [6, 6.07) is 5.93. The number of likely N-dealkylation sites (tertiary alicyclic amines) is 1. The normalized spacial score (nSPS) is 17.6. The van der Waals surface area contributed by atoms with Crippen LogP contribution in [0.2, 0.25) is 0 Å². The molecule has 1 aromatic carbocycles. The zero-order valence-electron chi connectivity index (χ0n) is 12.6. The zero-order valence-corrected chi connectivity index (χ0v) is 14.2. The highest BCUT2D eigenvalue weighted by atomic mass is 79.9. The molecule has 2 rings (SSSR count). The molecule has 1 aliphatic rings. The molecule has 1 saturated heterocycles. The van der Waals surface area contributed by atoms with Crippen molar-refractivity contribution in [3.05, 3.63) is 28.2 Å². The lowest BCUT2D eigenvalue weighted by atomic mass is 10.1. The number of benzene rings is 1. The maximum atomic E-state index is 12.4. The van der Waals surface area contributed by atoms with E-state index in [0.717, 1.165) is 48.1 Å². The third kappa shape index (κ3) is 4.20. The van der Waals surface area contributed by atoms with Crippen molar-refractivity contribution in [3.63, 3.8) is 0 Å². The second-order valence-corrected chi connectivity index (χ2v) is 6.56. The fourth-order valence-corrected chi connectivity index (χ4v) is 3.12. The van der Waals surface area contributed by atoms with Gasteiger partial charge in [0.1, 0.15) is 5.75 Å². The van der Waals surface area contributed by atoms with Gasteiger partial charge in [-0.25, -0.2) is 0 Å². The van der Waals surface area contributed by atoms with Crippen molar-refractivity contribution in [2.75, 3.05) is 13.1 Å². The average molecular weight is 355 g/mol. The van der Waals surface area contributed by atoms with Crippen LogP contribution in [0.5, 0.6) is 5.75 Å². The number of ether oxygens (including phenoxy) is 1. The first-order valence-corrected chi connectivity index (χ1v) is 8.26. The van der Waals surface area contributed by atoms with Crippen molar-refractivity contribution < 1.29 is 9.53 Å². The van der Waals surface area contributed by atoms with Crippen LogP contribution in [0.1, 0.15) is 32.3 Å². The van der Waals surface area contributed by atoms with E-state index in [0.29, 0.717) is 0 Å². The standard InChI is InChI=1S/C16H23BrN2O2/c1-11(18)10-13-6-5-7-14(17)15(13)21-12(2)16(20)19-8-3-4-9-19/h5-7,11-12H,3-4,8-10,18H2,1-2H3. The molecule has 2 unspecified atom stereocenters. The summed E-state index contributed by atoms with van der Waals surface area (Å²) >= 11 is 3.51. The predicted octanol–water partition coefficient (Wildman–Crippen LogP) is 2.73. The Labute approximate surface area is 134 Å². The van der Waals surface area contributed by atoms with Crippen molar-refractivity contribution in [3.8, 4) is 5.75 Å². The fourth-order valence-electron chi connectivity index (χ4n) is 2.61. The minimum Gasteiger partial charge on any atom is -0.479 e. The fraction of sp³-hybridized carbons (Fsp3) is 0.562. The van der Waals surface area contributed by atoms with Crippen molar-refractivity contribution in [2.24, 2.45) is 5.73 Å². The maximum absolute atomic E-state index is 12.4. The summed E-state index contributed by atoms with van der Waals surface area (Å²) < 4.78 is 6.82. The molecule has 1 amide bonds. The lowest BCUT2D eigenvalue weighted by Crippen LogP contribution is -2.38. The second-order valence-electron chi connectivity index (χ2n) is 5.70. The van der Waals surface area contributed by atoms with E-state index in [9.17, 15) is 4.79 Å². The van der Waals surface area contributed by atoms with Gasteiger partial charge in [-0.3, -0.25) is 4.79 Å². The van der Waals surface area contributed by atoms with E-state index >= 15 is 0 Å². The number of hydrogen-bond acceptors (Lipinski definition) is 3. The predicted molar refractivity (Wildman–Crippen MR) is 87.4 cm³/mol. The minimum absolute atomic E-state index is 0.0474. The van der Waals surface area contributed by atoms with Crippen LogP contribution in [0.3, 0.4) is 0 Å². The molecule has 1 heterocycles. The molecule has 1 aromatic rings. The number of nitrogens with two attached hydrogens (primary N) is 1. The number of halogens is 1. The quantitative estimate of drug-likeness (QED) is 0.884. The van der Waals surface area contributed by atoms with Gasteiger partial charge in [-0.15, -0.1) is 0 Å². The summed E-state index contributed by atoms with van der Waals surface area (Å²) in [7, 11) is 0. The maximum Gasteiger partial charge on any atom is 0.263 e. The smallest absolute Gasteiger partial charge is 0.263 e. The van der Waals surface area contributed by atoms with E-state index in [4.69, 9.17) is 10.5 Å². The number of nitrogens with zero attached hydrogens (tertiary/aromatic N) is 1. The highest BCUT2D eigenvalue weighted by Crippen LogP contribution is 2.31. The van der Waals surface area contributed by atoms with E-state index in [-0.39, 0.29) is 11.9 Å². The Bertz CT molecular complexity index is 499. The van der Waals surface area contributed by atoms with E-state index in [1.54, 1.807) is 0 Å². The highest BCUT2D eigenvalue weighted by molar-refractivity contribution is 9.10. The molecule has 5 heteroatoms. The number of para-hydroxylation sites is 1. The van der Waals surface area contributed by atoms with Crippen molar-refractivity contribution in [1.82, 2.24) is 4.90 Å². The second kappa shape index (κ2) is 7.27. The Balaban J connectivity index is 2.12. The summed E-state index contributed by atoms with van der Waals surface area (Å²) in [5.41, 5.74) is 6.92. The zero-order chi connectivity index (χ0) is 15.4. The lowest BCUT2D eigenvalue weighted by molar-refractivity contribution is -0.136. The molecule has 1 aliphatic heterocycles. The Morgan fingerprint density at radius 2 is 2.05 bits per heavy atom. The minimum atomic E-state index is -0.478. The largest absolute Gasteiger partial charge is 0.479 e. The monoisotopic (exact) mass is 354 g/mol. The number of amides is 1. The van der Waals surface area contributed by atoms with Gasteiger partial charge in [0.25, 0.3) is 5.91 Å². The Morgan fingerprint density at radius 1 is 1.38 bits per heavy atom. The van der Waals surface area contributed by atoms with Crippen LogP contribution in [-0.2, 0) is 11.2 Å². The molecule has 0 spiro atoms. The third-order valence-corrected chi connectivity index (χ3v) is 4.28. The topological polar surface area (TPSA) is 55.6 Å². The van der Waals surface area contributed by atoms with E-state index in [2.05, 4.69) is 15.9 Å². The summed E-state index contributed by atoms with van der Waals surface area (Å²) in [4.78, 5) is 14.2. The van der Waals surface area contributed by atoms with Gasteiger partial charge in [-0.2, -0.15) is 0 Å². The van der Waals surface area contributed by atoms with E-state index < -0.39 is 6.10 Å². The lowest BCUT2D eigenvalue weighted by Gasteiger charge is -2.23. The van der Waals surface area contributed by atoms with Crippen molar-refractivity contribution in [1.29, 1.82) is 0 Å². The Hall–Kier alpha value is -1.07. The van der Waals surface area contributed by atoms with Crippen molar-refractivity contribution >= 4 is 21.8 Å². The van der Waals surface area contributed by atoms with Gasteiger partial charge in [-0.05, 0) is 60.7 Å². The summed E-state index contributed by atoms with van der Waals surface area (Å²) in [5, 5.41) is 0. The number of rotatable bonds is 5. The van der Waals surface area contributed by atoms with Crippen LogP contribution in [0, 0.1) is 0 Å². The molecule has 21 heavy (non-hydrogen) atoms. The van der Waals surface area contributed by atoms with Gasteiger partial charge in [0.2, 0.25) is 0 Å². The molecular weight excluding hydrogens is 332 g/mol. The Morgan fingerprint density at radius 3 is 2.67 bits per heavy atom. The number of hydrogen-bond donors (Lipinski definition) is 1. The van der Waals surface area contributed by atoms with Crippen LogP contribution >= 0.6 is 15.9 Å². The molecule has 0 aliphatic carbocycles. The van der Waals surface area contributed by atoms with Gasteiger partial charge < -0.3 is 15.4 Å². The van der Waals surface area contributed by atoms with E-state index in [1.165, 1.54) is 0 Å². The van der Waals surface area contributed by atoms with E-state index in [1.807, 2.05) is 36.9 Å². The van der Waals surface area contributed by atoms with Crippen LogP contribution < -0.4 is 10.5 Å². The molecule has 1 fully saturated rings. The molecule has 0 saturated carbocycles. The number of carbonyl (C=O) groups excluding carboxylic acids is 1. The third-order valence-electron chi connectivity index (χ3n) is 3.65. The van der Waals surface area contributed by atoms with Gasteiger partial charge in [0.15, 0.2) is 6.10 Å². The first-order chi connectivity index (χ1) is 9.99. The molecule has 2 atom stereocenters. The van der Waals surface area contributed by atoms with Crippen molar-refractivity contribution in [2.45, 2.75) is 45.3 Å². The van der Waals surface area contributed by atoms with Crippen LogP contribution in [0.25, 0.3) is 0 Å². The molecule has 0 radical (unpaired) electrons. The first-order valence-electron chi connectivity index (χ1n) is 7.47. The number of carbonyl (C=O) groups is 1. The highest BCUT2D eigenvalue weighted by Gasteiger charge is 2.25. The molecule has 0 bridgehead atoms. The average Bonchev–Trinajstić information content (AvgIpc) is 2.95. The Kier molecular flexibility index (Phi) is 5.65. The van der Waals surface area contributed by atoms with Gasteiger partial charge in [0, 0.05) is 19.1 Å². The van der Waals surface area contributed by atoms with Gasteiger partial charge in [-0.1, -0.05) is 12.1 Å². The van der Waals surface area contributed by atoms with Crippen LogP contribution in [-0.4, -0.2) is 36.0 Å². The molecule has 116 valence electrons. The SMILES string of the molecule is CC(N)Cc1cccc(Br)c1OC(C)C(=O)N1CCCC1. The summed E-state index contributed by atoms with van der Waals surface area (Å²) in [5.74, 6) is 0.796. The van der Waals surface area contributed by atoms with Gasteiger partial charge >= 0.3 is 0 Å². The van der Waals surface area contributed by atoms with Crippen LogP contribution in [0.15, 0.2) is 22.7 Å². The van der Waals surface area contributed by atoms with Crippen LogP contribution in [0.4, 0.5) is 0 Å².